The predicted molar refractivity (Wildman–Crippen MR) is 67.3 cm³/mol. The van der Waals surface area contributed by atoms with Crippen molar-refractivity contribution in [1.29, 1.82) is 0 Å². The maximum absolute atomic E-state index is 11.6. The lowest BCUT2D eigenvalue weighted by Crippen LogP contribution is -2.36. The van der Waals surface area contributed by atoms with E-state index in [1.54, 1.807) is 0 Å². The number of hydrogen-bond acceptors (Lipinski definition) is 5. The van der Waals surface area contributed by atoms with E-state index in [1.165, 1.54) is 0 Å². The van der Waals surface area contributed by atoms with Crippen molar-refractivity contribution >= 4 is 28.8 Å². The van der Waals surface area contributed by atoms with Crippen molar-refractivity contribution in [3.05, 3.63) is 9.47 Å². The first-order valence-corrected chi connectivity index (χ1v) is 6.73. The zero-order chi connectivity index (χ0) is 12.8. The number of carbonyl (C=O) groups is 1. The van der Waals surface area contributed by atoms with Crippen molar-refractivity contribution in [1.82, 2.24) is 15.5 Å². The number of amides is 1. The van der Waals surface area contributed by atoms with Crippen LogP contribution in [0.5, 0.6) is 0 Å². The van der Waals surface area contributed by atoms with Crippen LogP contribution in [0.15, 0.2) is 0 Å². The molecule has 0 saturated carbocycles. The molecule has 0 aliphatic rings. The Hall–Kier alpha value is -0.720. The molecule has 1 aromatic rings. The van der Waals surface area contributed by atoms with Crippen LogP contribution < -0.4 is 5.32 Å². The third-order valence-corrected chi connectivity index (χ3v) is 3.68. The standard InChI is InChI=1S/C10H16ClN3O2S/c1-3-6(4-2)7(15)5-12-8(16)9-13-14-10(11)17-9/h6-7,15H,3-5H2,1-2H3,(H,12,16). The van der Waals surface area contributed by atoms with Crippen LogP contribution in [0.3, 0.4) is 0 Å². The number of rotatable bonds is 6. The van der Waals surface area contributed by atoms with Gasteiger partial charge in [-0.2, -0.15) is 0 Å². The first kappa shape index (κ1) is 14.3. The highest BCUT2D eigenvalue weighted by Gasteiger charge is 2.18. The Kier molecular flexibility index (Phi) is 5.80. The lowest BCUT2D eigenvalue weighted by Gasteiger charge is -2.19. The van der Waals surface area contributed by atoms with Crippen LogP contribution in [0, 0.1) is 5.92 Å². The van der Waals surface area contributed by atoms with Gasteiger partial charge in [-0.15, -0.1) is 10.2 Å². The maximum Gasteiger partial charge on any atom is 0.282 e. The van der Waals surface area contributed by atoms with Gasteiger partial charge in [-0.25, -0.2) is 0 Å². The summed E-state index contributed by atoms with van der Waals surface area (Å²) in [5.41, 5.74) is 0. The minimum absolute atomic E-state index is 0.202. The lowest BCUT2D eigenvalue weighted by atomic mass is 9.97. The van der Waals surface area contributed by atoms with Crippen molar-refractivity contribution in [2.24, 2.45) is 5.92 Å². The van der Waals surface area contributed by atoms with Crippen molar-refractivity contribution in [2.75, 3.05) is 6.54 Å². The van der Waals surface area contributed by atoms with Gasteiger partial charge in [0.25, 0.3) is 5.91 Å². The van der Waals surface area contributed by atoms with Crippen LogP contribution in [0.2, 0.25) is 4.47 Å². The Labute approximate surface area is 109 Å². The summed E-state index contributed by atoms with van der Waals surface area (Å²) in [5, 5.41) is 19.8. The lowest BCUT2D eigenvalue weighted by molar-refractivity contribution is 0.0816. The summed E-state index contributed by atoms with van der Waals surface area (Å²) in [4.78, 5) is 11.6. The predicted octanol–water partition coefficient (Wildman–Crippen LogP) is 1.72. The van der Waals surface area contributed by atoms with E-state index in [-0.39, 0.29) is 27.8 Å². The van der Waals surface area contributed by atoms with Gasteiger partial charge >= 0.3 is 0 Å². The van der Waals surface area contributed by atoms with Crippen molar-refractivity contribution in [2.45, 2.75) is 32.8 Å². The largest absolute Gasteiger partial charge is 0.391 e. The summed E-state index contributed by atoms with van der Waals surface area (Å²) >= 11 is 6.60. The van der Waals surface area contributed by atoms with E-state index in [0.717, 1.165) is 24.2 Å². The molecule has 1 unspecified atom stereocenters. The molecule has 0 aliphatic heterocycles. The topological polar surface area (TPSA) is 75.1 Å². The molecule has 0 fully saturated rings. The third-order valence-electron chi connectivity index (χ3n) is 2.66. The second-order valence-electron chi connectivity index (χ2n) is 3.71. The normalized spacial score (nSPS) is 12.8. The summed E-state index contributed by atoms with van der Waals surface area (Å²) < 4.78 is 0.232. The quantitative estimate of drug-likeness (QED) is 0.830. The van der Waals surface area contributed by atoms with Crippen molar-refractivity contribution < 1.29 is 9.90 Å². The number of nitrogens with zero attached hydrogens (tertiary/aromatic N) is 2. The Bertz CT molecular complexity index is 368. The van der Waals surface area contributed by atoms with Crippen LogP contribution in [0.25, 0.3) is 0 Å². The van der Waals surface area contributed by atoms with E-state index in [9.17, 15) is 9.90 Å². The zero-order valence-corrected chi connectivity index (χ0v) is 11.4. The molecule has 5 nitrogen and oxygen atoms in total. The van der Waals surface area contributed by atoms with E-state index in [4.69, 9.17) is 11.6 Å². The minimum Gasteiger partial charge on any atom is -0.391 e. The highest BCUT2D eigenvalue weighted by molar-refractivity contribution is 7.17. The van der Waals surface area contributed by atoms with E-state index in [2.05, 4.69) is 15.5 Å². The van der Waals surface area contributed by atoms with Crippen LogP contribution in [-0.2, 0) is 0 Å². The van der Waals surface area contributed by atoms with E-state index in [1.807, 2.05) is 13.8 Å². The number of aliphatic hydroxyl groups excluding tert-OH is 1. The monoisotopic (exact) mass is 277 g/mol. The second kappa shape index (κ2) is 6.88. The average molecular weight is 278 g/mol. The molecule has 0 bridgehead atoms. The summed E-state index contributed by atoms with van der Waals surface area (Å²) in [6.07, 6.45) is 1.24. The molecule has 0 aliphatic carbocycles. The number of hydrogen-bond donors (Lipinski definition) is 2. The fraction of sp³-hybridized carbons (Fsp3) is 0.700. The molecule has 0 spiro atoms. The fourth-order valence-electron chi connectivity index (χ4n) is 1.57. The van der Waals surface area contributed by atoms with Crippen LogP contribution in [0.4, 0.5) is 0 Å². The van der Waals surface area contributed by atoms with Gasteiger partial charge in [0.1, 0.15) is 0 Å². The van der Waals surface area contributed by atoms with E-state index in [0.29, 0.717) is 0 Å². The molecule has 1 rings (SSSR count). The molecule has 7 heteroatoms. The van der Waals surface area contributed by atoms with Gasteiger partial charge in [0.2, 0.25) is 9.47 Å². The Morgan fingerprint density at radius 1 is 1.47 bits per heavy atom. The molecule has 0 aromatic carbocycles. The second-order valence-corrected chi connectivity index (χ2v) is 5.27. The molecular weight excluding hydrogens is 262 g/mol. The molecule has 0 saturated heterocycles. The van der Waals surface area contributed by atoms with Crippen LogP contribution in [-0.4, -0.2) is 33.9 Å². The molecule has 1 atom stereocenters. The molecule has 0 radical (unpaired) electrons. The zero-order valence-electron chi connectivity index (χ0n) is 9.81. The van der Waals surface area contributed by atoms with Crippen molar-refractivity contribution in [3.8, 4) is 0 Å². The van der Waals surface area contributed by atoms with Gasteiger partial charge in [0.15, 0.2) is 0 Å². The summed E-state index contributed by atoms with van der Waals surface area (Å²) in [5.74, 6) is -0.146. The number of aromatic nitrogens is 2. The number of carbonyl (C=O) groups excluding carboxylic acids is 1. The molecule has 1 amide bonds. The highest BCUT2D eigenvalue weighted by atomic mass is 35.5. The summed E-state index contributed by atoms with van der Waals surface area (Å²) in [7, 11) is 0. The third kappa shape index (κ3) is 4.22. The van der Waals surface area contributed by atoms with Gasteiger partial charge < -0.3 is 10.4 Å². The van der Waals surface area contributed by atoms with Gasteiger partial charge in [-0.1, -0.05) is 38.0 Å². The Morgan fingerprint density at radius 3 is 2.59 bits per heavy atom. The first-order valence-electron chi connectivity index (χ1n) is 5.53. The highest BCUT2D eigenvalue weighted by Crippen LogP contribution is 2.15. The van der Waals surface area contributed by atoms with Crippen molar-refractivity contribution in [3.63, 3.8) is 0 Å². The molecule has 96 valence electrons. The molecule has 2 N–H and O–H groups in total. The SMILES string of the molecule is CCC(CC)C(O)CNC(=O)c1nnc(Cl)s1. The van der Waals surface area contributed by atoms with E-state index < -0.39 is 6.10 Å². The Morgan fingerprint density at radius 2 is 2.12 bits per heavy atom. The summed E-state index contributed by atoms with van der Waals surface area (Å²) in [6.45, 7) is 4.26. The number of aliphatic hydroxyl groups is 1. The fourth-order valence-corrected chi connectivity index (χ4v) is 2.31. The van der Waals surface area contributed by atoms with Gasteiger partial charge in [0, 0.05) is 6.54 Å². The maximum atomic E-state index is 11.6. The van der Waals surface area contributed by atoms with Crippen LogP contribution in [0.1, 0.15) is 36.5 Å². The van der Waals surface area contributed by atoms with E-state index >= 15 is 0 Å². The first-order chi connectivity index (χ1) is 8.08. The van der Waals surface area contributed by atoms with Crippen LogP contribution >= 0.6 is 22.9 Å². The van der Waals surface area contributed by atoms with Gasteiger partial charge in [-0.05, 0) is 17.5 Å². The summed E-state index contributed by atoms with van der Waals surface area (Å²) in [6, 6.07) is 0. The molecule has 1 heterocycles. The van der Waals surface area contributed by atoms with Gasteiger partial charge in [-0.3, -0.25) is 4.79 Å². The molecule has 1 aromatic heterocycles. The Balaban J connectivity index is 2.43. The molecular formula is C10H16ClN3O2S. The molecule has 17 heavy (non-hydrogen) atoms. The minimum atomic E-state index is -0.530. The number of halogens is 1. The van der Waals surface area contributed by atoms with Gasteiger partial charge in [0.05, 0.1) is 6.10 Å². The smallest absolute Gasteiger partial charge is 0.282 e. The number of nitrogens with one attached hydrogen (secondary N) is 1. The average Bonchev–Trinajstić information content (AvgIpc) is 2.74.